The van der Waals surface area contributed by atoms with Crippen LogP contribution in [0.15, 0.2) is 12.4 Å². The minimum absolute atomic E-state index is 0.0307. The van der Waals surface area contributed by atoms with E-state index in [1.54, 1.807) is 13.2 Å². The molecule has 0 radical (unpaired) electrons. The molecule has 0 spiro atoms. The molecule has 0 bridgehead atoms. The topological polar surface area (TPSA) is 90.6 Å². The van der Waals surface area contributed by atoms with Crippen LogP contribution in [-0.4, -0.2) is 55.4 Å². The van der Waals surface area contributed by atoms with Crippen LogP contribution in [0.3, 0.4) is 0 Å². The minimum atomic E-state index is -0.472. The number of ether oxygens (including phenoxy) is 2. The highest BCUT2D eigenvalue weighted by atomic mass is 16.5. The Bertz CT molecular complexity index is 454. The fraction of sp³-hybridized carbons (Fsp3) is 0.583. The van der Waals surface area contributed by atoms with Crippen LogP contribution in [0, 0.1) is 0 Å². The van der Waals surface area contributed by atoms with E-state index in [2.05, 4.69) is 14.7 Å². The number of methoxy groups -OCH3 is 2. The summed E-state index contributed by atoms with van der Waals surface area (Å²) < 4.78 is 10.00. The molecule has 2 N–H and O–H groups in total. The molecular weight excluding hydrogens is 248 g/mol. The van der Waals surface area contributed by atoms with Crippen LogP contribution in [0.2, 0.25) is 0 Å². The van der Waals surface area contributed by atoms with Crippen LogP contribution in [-0.2, 0) is 9.47 Å². The molecule has 1 aromatic rings. The molecule has 2 rings (SSSR count). The summed E-state index contributed by atoms with van der Waals surface area (Å²) in [5.74, 6) is 0.213. The fourth-order valence-electron chi connectivity index (χ4n) is 2.13. The van der Waals surface area contributed by atoms with Gasteiger partial charge in [0.05, 0.1) is 13.2 Å². The number of aromatic nitrogens is 2. The Morgan fingerprint density at radius 2 is 2.26 bits per heavy atom. The van der Waals surface area contributed by atoms with E-state index in [0.29, 0.717) is 12.4 Å². The third-order valence-corrected chi connectivity index (χ3v) is 3.28. The molecule has 2 unspecified atom stereocenters. The molecule has 2 atom stereocenters. The summed E-state index contributed by atoms with van der Waals surface area (Å²) >= 11 is 0. The zero-order chi connectivity index (χ0) is 13.8. The van der Waals surface area contributed by atoms with Crippen LogP contribution >= 0.6 is 0 Å². The van der Waals surface area contributed by atoms with Crippen molar-refractivity contribution in [3.63, 3.8) is 0 Å². The monoisotopic (exact) mass is 266 g/mol. The van der Waals surface area contributed by atoms with E-state index >= 15 is 0 Å². The lowest BCUT2D eigenvalue weighted by Gasteiger charge is -2.36. The number of nitrogens with zero attached hydrogens (tertiary/aromatic N) is 3. The molecule has 1 fully saturated rings. The van der Waals surface area contributed by atoms with Crippen LogP contribution in [0.25, 0.3) is 0 Å². The second kappa shape index (κ2) is 5.94. The van der Waals surface area contributed by atoms with Crippen molar-refractivity contribution >= 4 is 11.8 Å². The lowest BCUT2D eigenvalue weighted by Crippen LogP contribution is -2.51. The SMILES string of the molecule is COC(=O)c1cc(N2CCC(N)C(OC)C2)ncn1. The molecule has 19 heavy (non-hydrogen) atoms. The number of nitrogens with two attached hydrogens (primary N) is 1. The third kappa shape index (κ3) is 2.99. The van der Waals surface area contributed by atoms with Crippen molar-refractivity contribution in [3.05, 3.63) is 18.1 Å². The minimum Gasteiger partial charge on any atom is -0.464 e. The van der Waals surface area contributed by atoms with Crippen molar-refractivity contribution in [3.8, 4) is 0 Å². The van der Waals surface area contributed by atoms with Crippen molar-refractivity contribution in [1.29, 1.82) is 0 Å². The molecule has 0 aliphatic carbocycles. The second-order valence-electron chi connectivity index (χ2n) is 4.43. The van der Waals surface area contributed by atoms with Crippen molar-refractivity contribution in [2.24, 2.45) is 5.73 Å². The highest BCUT2D eigenvalue weighted by Gasteiger charge is 2.27. The zero-order valence-corrected chi connectivity index (χ0v) is 11.1. The number of anilines is 1. The van der Waals surface area contributed by atoms with Gasteiger partial charge in [-0.2, -0.15) is 0 Å². The summed E-state index contributed by atoms with van der Waals surface area (Å²) in [6, 6.07) is 1.65. The molecule has 7 nitrogen and oxygen atoms in total. The summed E-state index contributed by atoms with van der Waals surface area (Å²) in [5.41, 5.74) is 6.22. The first-order valence-electron chi connectivity index (χ1n) is 6.09. The van der Waals surface area contributed by atoms with E-state index in [4.69, 9.17) is 10.5 Å². The number of piperidine rings is 1. The van der Waals surface area contributed by atoms with Gasteiger partial charge in [-0.15, -0.1) is 0 Å². The maximum Gasteiger partial charge on any atom is 0.356 e. The van der Waals surface area contributed by atoms with Crippen molar-refractivity contribution in [1.82, 2.24) is 9.97 Å². The summed E-state index contributed by atoms with van der Waals surface area (Å²) in [6.07, 6.45) is 2.14. The summed E-state index contributed by atoms with van der Waals surface area (Å²) in [4.78, 5) is 21.6. The van der Waals surface area contributed by atoms with Gasteiger partial charge in [-0.3, -0.25) is 0 Å². The van der Waals surface area contributed by atoms with E-state index < -0.39 is 5.97 Å². The number of hydrogen-bond acceptors (Lipinski definition) is 7. The highest BCUT2D eigenvalue weighted by Crippen LogP contribution is 2.19. The third-order valence-electron chi connectivity index (χ3n) is 3.28. The van der Waals surface area contributed by atoms with E-state index in [-0.39, 0.29) is 17.8 Å². The predicted octanol–water partition coefficient (Wildman–Crippen LogP) is -0.184. The first-order valence-corrected chi connectivity index (χ1v) is 6.09. The Labute approximate surface area is 111 Å². The highest BCUT2D eigenvalue weighted by molar-refractivity contribution is 5.87. The Morgan fingerprint density at radius 1 is 1.47 bits per heavy atom. The van der Waals surface area contributed by atoms with E-state index in [1.165, 1.54) is 13.4 Å². The Kier molecular flexibility index (Phi) is 4.28. The van der Waals surface area contributed by atoms with Crippen molar-refractivity contribution in [2.45, 2.75) is 18.6 Å². The maximum atomic E-state index is 11.4. The fourth-order valence-corrected chi connectivity index (χ4v) is 2.13. The number of carbonyl (C=O) groups excluding carboxylic acids is 1. The average Bonchev–Trinajstić information content (AvgIpc) is 2.47. The van der Waals surface area contributed by atoms with E-state index in [9.17, 15) is 4.79 Å². The lowest BCUT2D eigenvalue weighted by molar-refractivity contribution is 0.0593. The van der Waals surface area contributed by atoms with Crippen LogP contribution in [0.1, 0.15) is 16.9 Å². The summed E-state index contributed by atoms with van der Waals surface area (Å²) in [7, 11) is 2.97. The first-order chi connectivity index (χ1) is 9.15. The molecule has 104 valence electrons. The van der Waals surface area contributed by atoms with Gasteiger partial charge in [-0.05, 0) is 6.42 Å². The number of rotatable bonds is 3. The molecule has 0 aromatic carbocycles. The molecule has 0 amide bonds. The lowest BCUT2D eigenvalue weighted by atomic mass is 10.0. The smallest absolute Gasteiger partial charge is 0.356 e. The Hall–Kier alpha value is -1.73. The van der Waals surface area contributed by atoms with Crippen molar-refractivity contribution < 1.29 is 14.3 Å². The standard InChI is InChI=1S/C12H18N4O3/c1-18-10-6-16(4-3-8(10)13)11-5-9(12(17)19-2)14-7-15-11/h5,7-8,10H,3-4,6,13H2,1-2H3. The van der Waals surface area contributed by atoms with Gasteiger partial charge in [0.2, 0.25) is 0 Å². The number of esters is 1. The van der Waals surface area contributed by atoms with Crippen molar-refractivity contribution in [2.75, 3.05) is 32.2 Å². The van der Waals surface area contributed by atoms with Gasteiger partial charge >= 0.3 is 5.97 Å². The van der Waals surface area contributed by atoms with Gasteiger partial charge in [-0.25, -0.2) is 14.8 Å². The van der Waals surface area contributed by atoms with Gasteiger partial charge in [-0.1, -0.05) is 0 Å². The van der Waals surface area contributed by atoms with Gasteiger partial charge < -0.3 is 20.1 Å². The predicted molar refractivity (Wildman–Crippen MR) is 69.0 cm³/mol. The Morgan fingerprint density at radius 3 is 2.95 bits per heavy atom. The first kappa shape index (κ1) is 13.7. The molecule has 7 heteroatoms. The molecule has 0 saturated carbocycles. The molecule has 1 saturated heterocycles. The molecule has 1 aliphatic heterocycles. The number of hydrogen-bond donors (Lipinski definition) is 1. The average molecular weight is 266 g/mol. The zero-order valence-electron chi connectivity index (χ0n) is 11.1. The van der Waals surface area contributed by atoms with Crippen LogP contribution in [0.4, 0.5) is 5.82 Å². The molecule has 2 heterocycles. The molecule has 1 aliphatic rings. The summed E-state index contributed by atoms with van der Waals surface area (Å²) in [5, 5.41) is 0. The van der Waals surface area contributed by atoms with Gasteiger partial charge in [0.1, 0.15) is 12.1 Å². The van der Waals surface area contributed by atoms with Crippen LogP contribution < -0.4 is 10.6 Å². The second-order valence-corrected chi connectivity index (χ2v) is 4.43. The van der Waals surface area contributed by atoms with Crippen LogP contribution in [0.5, 0.6) is 0 Å². The Balaban J connectivity index is 2.15. The largest absolute Gasteiger partial charge is 0.464 e. The number of carbonyl (C=O) groups is 1. The molecular formula is C12H18N4O3. The van der Waals surface area contributed by atoms with E-state index in [1.807, 2.05) is 4.90 Å². The normalized spacial score (nSPS) is 23.2. The summed E-state index contributed by atoms with van der Waals surface area (Å²) in [6.45, 7) is 1.42. The maximum absolute atomic E-state index is 11.4. The molecule has 1 aromatic heterocycles. The van der Waals surface area contributed by atoms with Gasteiger partial charge in [0, 0.05) is 32.3 Å². The quantitative estimate of drug-likeness (QED) is 0.758. The van der Waals surface area contributed by atoms with Gasteiger partial charge in [0.15, 0.2) is 5.69 Å². The van der Waals surface area contributed by atoms with Gasteiger partial charge in [0.25, 0.3) is 0 Å². The van der Waals surface area contributed by atoms with E-state index in [0.717, 1.165) is 13.0 Å².